The van der Waals surface area contributed by atoms with Gasteiger partial charge in [-0.25, -0.2) is 4.98 Å². The lowest BCUT2D eigenvalue weighted by atomic mass is 10.0. The van der Waals surface area contributed by atoms with Gasteiger partial charge in [0.25, 0.3) is 0 Å². The van der Waals surface area contributed by atoms with E-state index in [4.69, 9.17) is 0 Å². The first kappa shape index (κ1) is 10.1. The summed E-state index contributed by atoms with van der Waals surface area (Å²) in [6.45, 7) is 3.00. The molecular formula is C11H15N3O. The summed E-state index contributed by atoms with van der Waals surface area (Å²) in [4.78, 5) is 15.9. The van der Waals surface area contributed by atoms with Crippen molar-refractivity contribution in [2.45, 2.75) is 19.4 Å². The van der Waals surface area contributed by atoms with E-state index in [2.05, 4.69) is 22.5 Å². The molecule has 4 heteroatoms. The molecule has 1 aromatic heterocycles. The molecule has 1 saturated heterocycles. The highest BCUT2D eigenvalue weighted by molar-refractivity contribution is 5.94. The largest absolute Gasteiger partial charge is 0.309 e. The molecule has 1 aromatic rings. The molecule has 15 heavy (non-hydrogen) atoms. The molecule has 2 heterocycles. The van der Waals surface area contributed by atoms with Gasteiger partial charge in [0.1, 0.15) is 5.82 Å². The third-order valence-corrected chi connectivity index (χ3v) is 2.73. The summed E-state index contributed by atoms with van der Waals surface area (Å²) in [6.07, 6.45) is 2.72. The summed E-state index contributed by atoms with van der Waals surface area (Å²) < 4.78 is 0. The number of hydrogen-bond donors (Lipinski definition) is 2. The summed E-state index contributed by atoms with van der Waals surface area (Å²) in [5, 5.41) is 5.99. The molecule has 0 saturated carbocycles. The molecule has 1 aliphatic heterocycles. The highest BCUT2D eigenvalue weighted by Gasteiger charge is 2.29. The molecule has 0 spiro atoms. The Kier molecular flexibility index (Phi) is 2.97. The summed E-state index contributed by atoms with van der Waals surface area (Å²) in [5.74, 6) is 1.02. The van der Waals surface area contributed by atoms with E-state index in [-0.39, 0.29) is 11.9 Å². The first-order chi connectivity index (χ1) is 7.27. The Labute approximate surface area is 89.1 Å². The van der Waals surface area contributed by atoms with Crippen LogP contribution in [0, 0.1) is 5.92 Å². The topological polar surface area (TPSA) is 54.0 Å². The second kappa shape index (κ2) is 4.40. The fourth-order valence-electron chi connectivity index (χ4n) is 1.83. The summed E-state index contributed by atoms with van der Waals surface area (Å²) in [7, 11) is 0. The van der Waals surface area contributed by atoms with Gasteiger partial charge in [0, 0.05) is 6.20 Å². The molecule has 4 nitrogen and oxygen atoms in total. The Hall–Kier alpha value is -1.42. The average molecular weight is 205 g/mol. The zero-order chi connectivity index (χ0) is 10.7. The van der Waals surface area contributed by atoms with E-state index < -0.39 is 0 Å². The number of pyridine rings is 1. The van der Waals surface area contributed by atoms with Crippen LogP contribution in [0.1, 0.15) is 13.3 Å². The molecule has 80 valence electrons. The molecule has 1 fully saturated rings. The van der Waals surface area contributed by atoms with Crippen LogP contribution in [0.2, 0.25) is 0 Å². The Morgan fingerprint density at radius 2 is 2.47 bits per heavy atom. The van der Waals surface area contributed by atoms with E-state index in [1.54, 1.807) is 12.3 Å². The van der Waals surface area contributed by atoms with E-state index in [0.29, 0.717) is 11.7 Å². The quantitative estimate of drug-likeness (QED) is 0.758. The lowest BCUT2D eigenvalue weighted by molar-refractivity contribution is -0.118. The number of hydrogen-bond acceptors (Lipinski definition) is 3. The molecule has 0 aliphatic carbocycles. The number of rotatable bonds is 2. The van der Waals surface area contributed by atoms with Gasteiger partial charge >= 0.3 is 0 Å². The molecule has 2 rings (SSSR count). The number of nitrogens with zero attached hydrogens (tertiary/aromatic N) is 1. The number of carbonyl (C=O) groups is 1. The smallest absolute Gasteiger partial charge is 0.242 e. The molecule has 2 atom stereocenters. The van der Waals surface area contributed by atoms with Crippen molar-refractivity contribution < 1.29 is 4.79 Å². The third-order valence-electron chi connectivity index (χ3n) is 2.73. The second-order valence-electron chi connectivity index (χ2n) is 3.90. The number of carbonyl (C=O) groups excluding carboxylic acids is 1. The van der Waals surface area contributed by atoms with Crippen LogP contribution >= 0.6 is 0 Å². The molecular weight excluding hydrogens is 190 g/mol. The van der Waals surface area contributed by atoms with Crippen molar-refractivity contribution in [1.82, 2.24) is 10.3 Å². The molecule has 2 unspecified atom stereocenters. The van der Waals surface area contributed by atoms with E-state index in [0.717, 1.165) is 13.0 Å². The van der Waals surface area contributed by atoms with Gasteiger partial charge < -0.3 is 10.6 Å². The first-order valence-electron chi connectivity index (χ1n) is 5.22. The van der Waals surface area contributed by atoms with Crippen LogP contribution in [-0.2, 0) is 4.79 Å². The predicted octanol–water partition coefficient (Wildman–Crippen LogP) is 1.02. The van der Waals surface area contributed by atoms with Crippen LogP contribution in [0.25, 0.3) is 0 Å². The summed E-state index contributed by atoms with van der Waals surface area (Å²) in [5.41, 5.74) is 0. The van der Waals surface area contributed by atoms with E-state index >= 15 is 0 Å². The van der Waals surface area contributed by atoms with Crippen LogP contribution in [-0.4, -0.2) is 23.5 Å². The lowest BCUT2D eigenvalue weighted by Gasteiger charge is -2.14. The minimum absolute atomic E-state index is 0.0127. The molecule has 0 bridgehead atoms. The van der Waals surface area contributed by atoms with Gasteiger partial charge in [-0.15, -0.1) is 0 Å². The van der Waals surface area contributed by atoms with Gasteiger partial charge in [-0.05, 0) is 31.0 Å². The lowest BCUT2D eigenvalue weighted by Crippen LogP contribution is -2.39. The molecule has 0 radical (unpaired) electrons. The highest BCUT2D eigenvalue weighted by Crippen LogP contribution is 2.15. The normalized spacial score (nSPS) is 25.1. The predicted molar refractivity (Wildman–Crippen MR) is 58.4 cm³/mol. The van der Waals surface area contributed by atoms with Gasteiger partial charge in [-0.3, -0.25) is 4.79 Å². The molecule has 2 N–H and O–H groups in total. The van der Waals surface area contributed by atoms with Crippen LogP contribution in [0.5, 0.6) is 0 Å². The van der Waals surface area contributed by atoms with Crippen molar-refractivity contribution in [1.29, 1.82) is 0 Å². The van der Waals surface area contributed by atoms with Gasteiger partial charge in [-0.2, -0.15) is 0 Å². The molecule has 1 amide bonds. The fourth-order valence-corrected chi connectivity index (χ4v) is 1.83. The standard InChI is InChI=1S/C11H15N3O/c1-8-5-7-13-10(8)11(15)14-9-4-2-3-6-12-9/h2-4,6,8,10,13H,5,7H2,1H3,(H,12,14,15). The van der Waals surface area contributed by atoms with Crippen LogP contribution < -0.4 is 10.6 Å². The van der Waals surface area contributed by atoms with Crippen molar-refractivity contribution in [2.24, 2.45) is 5.92 Å². The number of amides is 1. The van der Waals surface area contributed by atoms with Gasteiger partial charge in [-0.1, -0.05) is 13.0 Å². The SMILES string of the molecule is CC1CCNC1C(=O)Nc1ccccn1. The monoisotopic (exact) mass is 205 g/mol. The Morgan fingerprint density at radius 3 is 3.07 bits per heavy atom. The molecule has 0 aromatic carbocycles. The maximum atomic E-state index is 11.8. The maximum absolute atomic E-state index is 11.8. The zero-order valence-corrected chi connectivity index (χ0v) is 8.73. The van der Waals surface area contributed by atoms with Crippen LogP contribution in [0.15, 0.2) is 24.4 Å². The minimum atomic E-state index is -0.0768. The Balaban J connectivity index is 1.98. The highest BCUT2D eigenvalue weighted by atomic mass is 16.2. The van der Waals surface area contributed by atoms with Crippen molar-refractivity contribution in [3.05, 3.63) is 24.4 Å². The zero-order valence-electron chi connectivity index (χ0n) is 8.73. The van der Waals surface area contributed by atoms with Crippen molar-refractivity contribution in [2.75, 3.05) is 11.9 Å². The van der Waals surface area contributed by atoms with E-state index in [1.165, 1.54) is 0 Å². The van der Waals surface area contributed by atoms with E-state index in [9.17, 15) is 4.79 Å². The third kappa shape index (κ3) is 2.33. The summed E-state index contributed by atoms with van der Waals surface area (Å²) in [6, 6.07) is 5.39. The van der Waals surface area contributed by atoms with Crippen LogP contribution in [0.3, 0.4) is 0 Å². The maximum Gasteiger partial charge on any atom is 0.242 e. The number of nitrogens with one attached hydrogen (secondary N) is 2. The number of aromatic nitrogens is 1. The summed E-state index contributed by atoms with van der Waals surface area (Å²) >= 11 is 0. The number of anilines is 1. The van der Waals surface area contributed by atoms with Crippen LogP contribution in [0.4, 0.5) is 5.82 Å². The first-order valence-corrected chi connectivity index (χ1v) is 5.22. The Morgan fingerprint density at radius 1 is 1.60 bits per heavy atom. The average Bonchev–Trinajstić information content (AvgIpc) is 2.66. The van der Waals surface area contributed by atoms with Gasteiger partial charge in [0.05, 0.1) is 6.04 Å². The van der Waals surface area contributed by atoms with E-state index in [1.807, 2.05) is 12.1 Å². The molecule has 1 aliphatic rings. The Bertz CT molecular complexity index is 339. The van der Waals surface area contributed by atoms with Gasteiger partial charge in [0.15, 0.2) is 0 Å². The van der Waals surface area contributed by atoms with Gasteiger partial charge in [0.2, 0.25) is 5.91 Å². The van der Waals surface area contributed by atoms with Crippen molar-refractivity contribution in [3.8, 4) is 0 Å². The van der Waals surface area contributed by atoms with Crippen molar-refractivity contribution in [3.63, 3.8) is 0 Å². The second-order valence-corrected chi connectivity index (χ2v) is 3.90. The fraction of sp³-hybridized carbons (Fsp3) is 0.455. The minimum Gasteiger partial charge on any atom is -0.309 e. The van der Waals surface area contributed by atoms with Crippen molar-refractivity contribution >= 4 is 11.7 Å².